The van der Waals surface area contributed by atoms with Crippen molar-refractivity contribution >= 4 is 17.7 Å². The fraction of sp³-hybridized carbons (Fsp3) is 0.526. The van der Waals surface area contributed by atoms with Crippen LogP contribution in [0.25, 0.3) is 0 Å². The van der Waals surface area contributed by atoms with Gasteiger partial charge < -0.3 is 21.3 Å². The second kappa shape index (κ2) is 9.33. The van der Waals surface area contributed by atoms with Crippen LogP contribution in [0.5, 0.6) is 0 Å². The zero-order valence-corrected chi connectivity index (χ0v) is 15.4. The molecule has 26 heavy (non-hydrogen) atoms. The molecule has 0 aliphatic carbocycles. The van der Waals surface area contributed by atoms with E-state index in [1.54, 1.807) is 17.0 Å². The average Bonchev–Trinajstić information content (AvgIpc) is 2.66. The fourth-order valence-electron chi connectivity index (χ4n) is 2.86. The summed E-state index contributed by atoms with van der Waals surface area (Å²) >= 11 is 0. The molecule has 7 heteroatoms. The largest absolute Gasteiger partial charge is 0.352 e. The first-order valence-electron chi connectivity index (χ1n) is 9.05. The number of likely N-dealkylation sites (tertiary alicyclic amines) is 1. The van der Waals surface area contributed by atoms with Crippen molar-refractivity contribution in [1.29, 1.82) is 0 Å². The molecule has 1 aliphatic heterocycles. The highest BCUT2D eigenvalue weighted by atomic mass is 16.2. The van der Waals surface area contributed by atoms with Crippen LogP contribution in [0.1, 0.15) is 37.0 Å². The predicted octanol–water partition coefficient (Wildman–Crippen LogP) is 0.507. The van der Waals surface area contributed by atoms with Crippen molar-refractivity contribution in [3.8, 4) is 0 Å². The smallest absolute Gasteiger partial charge is 0.253 e. The Bertz CT molecular complexity index is 625. The third kappa shape index (κ3) is 5.56. The van der Waals surface area contributed by atoms with E-state index in [0.717, 1.165) is 0 Å². The average molecular weight is 360 g/mol. The molecule has 0 spiro atoms. The zero-order valence-electron chi connectivity index (χ0n) is 15.4. The van der Waals surface area contributed by atoms with E-state index < -0.39 is 6.04 Å². The van der Waals surface area contributed by atoms with E-state index in [-0.39, 0.29) is 36.2 Å². The number of carbonyl (C=O) groups excluding carboxylic acids is 3. The molecule has 1 aliphatic rings. The molecular formula is C19H28N4O3. The van der Waals surface area contributed by atoms with Crippen molar-refractivity contribution < 1.29 is 14.4 Å². The van der Waals surface area contributed by atoms with Crippen LogP contribution >= 0.6 is 0 Å². The van der Waals surface area contributed by atoms with Gasteiger partial charge in [-0.2, -0.15) is 0 Å². The van der Waals surface area contributed by atoms with E-state index in [1.165, 1.54) is 0 Å². The Morgan fingerprint density at radius 1 is 1.15 bits per heavy atom. The van der Waals surface area contributed by atoms with Crippen LogP contribution in [0.15, 0.2) is 30.3 Å². The summed E-state index contributed by atoms with van der Waals surface area (Å²) in [5.74, 6) is -0.518. The number of amides is 3. The molecule has 0 saturated carbocycles. The van der Waals surface area contributed by atoms with Crippen molar-refractivity contribution in [3.05, 3.63) is 35.9 Å². The number of piperidine rings is 1. The zero-order chi connectivity index (χ0) is 19.1. The number of nitrogens with zero attached hydrogens (tertiary/aromatic N) is 1. The van der Waals surface area contributed by atoms with Crippen LogP contribution in [-0.4, -0.2) is 54.3 Å². The van der Waals surface area contributed by atoms with Gasteiger partial charge in [-0.15, -0.1) is 0 Å². The van der Waals surface area contributed by atoms with Gasteiger partial charge in [-0.25, -0.2) is 0 Å². The molecule has 2 rings (SSSR count). The minimum atomic E-state index is -0.616. The number of rotatable bonds is 6. The maximum Gasteiger partial charge on any atom is 0.253 e. The highest BCUT2D eigenvalue weighted by Crippen LogP contribution is 2.14. The topological polar surface area (TPSA) is 105 Å². The molecule has 0 aromatic heterocycles. The third-order valence-corrected chi connectivity index (χ3v) is 4.61. The second-order valence-electron chi connectivity index (χ2n) is 6.99. The third-order valence-electron chi connectivity index (χ3n) is 4.61. The van der Waals surface area contributed by atoms with Crippen LogP contribution in [0.2, 0.25) is 0 Å². The molecular weight excluding hydrogens is 332 g/mol. The number of carbonyl (C=O) groups is 3. The fourth-order valence-corrected chi connectivity index (χ4v) is 2.86. The monoisotopic (exact) mass is 360 g/mol. The normalized spacial score (nSPS) is 16.2. The Morgan fingerprint density at radius 3 is 2.35 bits per heavy atom. The van der Waals surface area contributed by atoms with Gasteiger partial charge in [-0.1, -0.05) is 32.0 Å². The van der Waals surface area contributed by atoms with E-state index in [0.29, 0.717) is 31.5 Å². The van der Waals surface area contributed by atoms with Crippen LogP contribution in [0.4, 0.5) is 0 Å². The molecule has 142 valence electrons. The van der Waals surface area contributed by atoms with Gasteiger partial charge in [0.25, 0.3) is 5.91 Å². The van der Waals surface area contributed by atoms with Gasteiger partial charge in [0.15, 0.2) is 0 Å². The number of hydrogen-bond donors (Lipinski definition) is 3. The van der Waals surface area contributed by atoms with Crippen LogP contribution < -0.4 is 16.4 Å². The summed E-state index contributed by atoms with van der Waals surface area (Å²) in [6.07, 6.45) is 1.40. The molecule has 1 saturated heterocycles. The molecule has 4 N–H and O–H groups in total. The summed E-state index contributed by atoms with van der Waals surface area (Å²) in [6.45, 7) is 4.83. The molecule has 0 unspecified atom stereocenters. The summed E-state index contributed by atoms with van der Waals surface area (Å²) in [5.41, 5.74) is 6.42. The van der Waals surface area contributed by atoms with Gasteiger partial charge in [0.05, 0.1) is 12.6 Å². The molecule has 0 bridgehead atoms. The molecule has 1 fully saturated rings. The lowest BCUT2D eigenvalue weighted by molar-refractivity contribution is -0.127. The Labute approximate surface area is 154 Å². The van der Waals surface area contributed by atoms with E-state index in [4.69, 9.17) is 5.73 Å². The Kier molecular flexibility index (Phi) is 7.15. The molecule has 0 radical (unpaired) electrons. The Balaban J connectivity index is 1.72. The van der Waals surface area contributed by atoms with Gasteiger partial charge in [-0.05, 0) is 30.9 Å². The highest BCUT2D eigenvalue weighted by Gasteiger charge is 2.25. The van der Waals surface area contributed by atoms with E-state index in [9.17, 15) is 14.4 Å². The van der Waals surface area contributed by atoms with Gasteiger partial charge in [0, 0.05) is 24.7 Å². The van der Waals surface area contributed by atoms with Gasteiger partial charge in [0.1, 0.15) is 0 Å². The first-order valence-corrected chi connectivity index (χ1v) is 9.05. The molecule has 1 aromatic carbocycles. The minimum absolute atomic E-state index is 0.0120. The van der Waals surface area contributed by atoms with Crippen LogP contribution in [0.3, 0.4) is 0 Å². The van der Waals surface area contributed by atoms with Crippen molar-refractivity contribution in [2.45, 2.75) is 38.8 Å². The van der Waals surface area contributed by atoms with Crippen LogP contribution in [0, 0.1) is 5.92 Å². The van der Waals surface area contributed by atoms with Crippen LogP contribution in [-0.2, 0) is 9.59 Å². The lowest BCUT2D eigenvalue weighted by atomic mass is 10.0. The number of benzene rings is 1. The SMILES string of the molecule is CC(C)[C@H](N)C(=O)NCC(=O)NC1CCN(C(=O)c2ccccc2)CC1. The highest BCUT2D eigenvalue weighted by molar-refractivity contribution is 5.94. The van der Waals surface area contributed by atoms with Gasteiger partial charge in [0.2, 0.25) is 11.8 Å². The number of nitrogens with one attached hydrogen (secondary N) is 2. The first kappa shape index (κ1) is 19.9. The summed E-state index contributed by atoms with van der Waals surface area (Å²) in [4.78, 5) is 38.0. The van der Waals surface area contributed by atoms with Crippen molar-refractivity contribution in [2.24, 2.45) is 11.7 Å². The van der Waals surface area contributed by atoms with Crippen molar-refractivity contribution in [3.63, 3.8) is 0 Å². The van der Waals surface area contributed by atoms with Crippen molar-refractivity contribution in [2.75, 3.05) is 19.6 Å². The Morgan fingerprint density at radius 2 is 1.77 bits per heavy atom. The second-order valence-corrected chi connectivity index (χ2v) is 6.99. The lowest BCUT2D eigenvalue weighted by Gasteiger charge is -2.32. The van der Waals surface area contributed by atoms with E-state index in [2.05, 4.69) is 10.6 Å². The maximum absolute atomic E-state index is 12.4. The standard InChI is InChI=1S/C19H28N4O3/c1-13(2)17(20)18(25)21-12-16(24)22-15-8-10-23(11-9-15)19(26)14-6-4-3-5-7-14/h3-7,13,15,17H,8-12,20H2,1-2H3,(H,21,25)(H,22,24)/t17-/m0/s1. The molecule has 3 amide bonds. The van der Waals surface area contributed by atoms with Crippen molar-refractivity contribution in [1.82, 2.24) is 15.5 Å². The molecule has 1 atom stereocenters. The lowest BCUT2D eigenvalue weighted by Crippen LogP contribution is -2.50. The van der Waals surface area contributed by atoms with E-state index >= 15 is 0 Å². The minimum Gasteiger partial charge on any atom is -0.352 e. The molecule has 1 aromatic rings. The maximum atomic E-state index is 12.4. The predicted molar refractivity (Wildman–Crippen MR) is 99.3 cm³/mol. The first-order chi connectivity index (χ1) is 12.4. The molecule has 7 nitrogen and oxygen atoms in total. The van der Waals surface area contributed by atoms with Gasteiger partial charge in [-0.3, -0.25) is 14.4 Å². The summed E-state index contributed by atoms with van der Waals surface area (Å²) in [7, 11) is 0. The summed E-state index contributed by atoms with van der Waals surface area (Å²) < 4.78 is 0. The van der Waals surface area contributed by atoms with E-state index in [1.807, 2.05) is 32.0 Å². The summed E-state index contributed by atoms with van der Waals surface area (Å²) in [5, 5.41) is 5.47. The Hall–Kier alpha value is -2.41. The number of nitrogens with two attached hydrogens (primary N) is 1. The quantitative estimate of drug-likeness (QED) is 0.687. The number of hydrogen-bond acceptors (Lipinski definition) is 4. The summed E-state index contributed by atoms with van der Waals surface area (Å²) in [6, 6.07) is 8.58. The molecule has 1 heterocycles. The van der Waals surface area contributed by atoms with Gasteiger partial charge >= 0.3 is 0 Å².